The Bertz CT molecular complexity index is 2500. The van der Waals surface area contributed by atoms with E-state index in [-0.39, 0.29) is 58.9 Å². The number of nitrogens with zero attached hydrogens (tertiary/aromatic N) is 3. The van der Waals surface area contributed by atoms with Crippen molar-refractivity contribution in [2.45, 2.75) is 221 Å². The Kier molecular flexibility index (Phi) is 38.1. The van der Waals surface area contributed by atoms with Gasteiger partial charge in [-0.2, -0.15) is 0 Å². The van der Waals surface area contributed by atoms with Crippen LogP contribution in [-0.4, -0.2) is 104 Å². The molecule has 2 aromatic rings. The first-order valence-corrected chi connectivity index (χ1v) is 31.4. The number of nitrogens with two attached hydrogens (primary N) is 1. The van der Waals surface area contributed by atoms with Gasteiger partial charge >= 0.3 is 215 Å². The molecule has 0 aliphatic carbocycles. The first-order chi connectivity index (χ1) is 38.8. The van der Waals surface area contributed by atoms with Crippen molar-refractivity contribution in [3.05, 3.63) is 65.2 Å². The Labute approximate surface area is 522 Å². The molecule has 84 heavy (non-hydrogen) atoms. The normalized spacial score (nSPS) is 23.5. The van der Waals surface area contributed by atoms with E-state index >= 15 is 0 Å². The van der Waals surface area contributed by atoms with Gasteiger partial charge in [0, 0.05) is 25.6 Å². The molecular weight excluding hydrogens is 1150 g/mol. The molecule has 0 spiro atoms. The van der Waals surface area contributed by atoms with Crippen molar-refractivity contribution >= 4 is 11.9 Å². The number of ether oxygens (including phenoxy) is 4. The first kappa shape index (κ1) is 80.8. The summed E-state index contributed by atoms with van der Waals surface area (Å²) in [6, 6.07) is 0.315. The number of H-pyrrole nitrogens is 2. The van der Waals surface area contributed by atoms with Crippen LogP contribution in [0.5, 0.6) is 0 Å². The average Bonchev–Trinajstić information content (AvgIpc) is 3.49. The first-order valence-electron chi connectivity index (χ1n) is 30.0. The summed E-state index contributed by atoms with van der Waals surface area (Å²) in [5, 5.41) is 21.2. The minimum atomic E-state index is -1.13. The van der Waals surface area contributed by atoms with Crippen LogP contribution in [0.3, 0.4) is 0 Å². The number of aromatic amines is 2. The SMILES string of the molecule is C.CCC(C)C(C)C(C)C(C)C(N)C(C)C(C)C(C)C.CCC(C)C(C)C(C)C(C)C(NC(=O)COC1CC(n2cc(C)c(=O)[nH]c2=O)OC1CO[N]=[V])C(C)C(C)C(C)C.Cc1cn(C2CC(OCC(=O)O)C(CO)O2)c(=O)[nH]c1=O.[3HH].[NH]=[V]. The van der Waals surface area contributed by atoms with Crippen LogP contribution in [0.15, 0.2) is 35.5 Å². The molecule has 23 heteroatoms. The molecule has 0 radical (unpaired) electrons. The molecule has 0 bridgehead atoms. The van der Waals surface area contributed by atoms with Gasteiger partial charge in [0.15, 0.2) is 0 Å². The third-order valence-electron chi connectivity index (χ3n) is 19.4. The molecule has 2 aliphatic rings. The van der Waals surface area contributed by atoms with Gasteiger partial charge < -0.3 is 25.4 Å². The van der Waals surface area contributed by atoms with Gasteiger partial charge in [-0.25, -0.2) is 9.59 Å². The number of carbonyl (C=O) groups excluding carboxylic acids is 1. The molecule has 20 atom stereocenters. The quantitative estimate of drug-likeness (QED) is 0.0373. The van der Waals surface area contributed by atoms with Gasteiger partial charge in [-0.1, -0.05) is 131 Å². The summed E-state index contributed by atoms with van der Waals surface area (Å²) in [6.07, 6.45) is 1.92. The van der Waals surface area contributed by atoms with Crippen LogP contribution in [-0.2, 0) is 67.8 Å². The van der Waals surface area contributed by atoms with Crippen molar-refractivity contribution in [2.24, 2.45) is 92.5 Å². The number of aryl methyl sites for hydroxylation is 2. The second-order valence-corrected chi connectivity index (χ2v) is 25.1. The number of hydrogen-bond acceptors (Lipinski definition) is 15. The van der Waals surface area contributed by atoms with Gasteiger partial charge in [0.2, 0.25) is 0 Å². The molecule has 4 rings (SSSR count). The van der Waals surface area contributed by atoms with Crippen molar-refractivity contribution in [1.29, 1.82) is 4.21 Å². The van der Waals surface area contributed by atoms with Crippen molar-refractivity contribution in [3.8, 4) is 0 Å². The van der Waals surface area contributed by atoms with E-state index < -0.39 is 71.9 Å². The fourth-order valence-electron chi connectivity index (χ4n) is 11.2. The van der Waals surface area contributed by atoms with E-state index in [0.717, 1.165) is 24.2 Å². The minimum absolute atomic E-state index is 0. The van der Waals surface area contributed by atoms with Crippen LogP contribution in [0.1, 0.15) is 183 Å². The van der Waals surface area contributed by atoms with Crippen molar-refractivity contribution in [1.82, 2.24) is 24.4 Å². The van der Waals surface area contributed by atoms with Crippen molar-refractivity contribution in [2.75, 3.05) is 26.4 Å². The number of carbonyl (C=O) groups is 2. The molecule has 0 saturated carbocycles. The third-order valence-corrected chi connectivity index (χ3v) is 19.6. The van der Waals surface area contributed by atoms with E-state index in [2.05, 4.69) is 144 Å². The molecule has 8 N–H and O–H groups in total. The molecular formula is C61H114N8O13V2. The average molecular weight is 1270 g/mol. The zero-order valence-corrected chi connectivity index (χ0v) is 56.5. The molecule has 20 unspecified atom stereocenters. The van der Waals surface area contributed by atoms with Crippen molar-refractivity contribution < 1.29 is 79.5 Å². The van der Waals surface area contributed by atoms with Gasteiger partial charge in [-0.05, 0) is 66.1 Å². The number of aliphatic carboxylic acids is 1. The molecule has 2 aromatic heterocycles. The number of carboxylic acid groups (broad SMARTS) is 1. The number of amides is 1. The zero-order chi connectivity index (χ0) is 63.9. The molecule has 2 aliphatic heterocycles. The van der Waals surface area contributed by atoms with E-state index in [1.54, 1.807) is 31.1 Å². The molecule has 486 valence electrons. The van der Waals surface area contributed by atoms with E-state index in [4.69, 9.17) is 38.8 Å². The second kappa shape index (κ2) is 39.6. The van der Waals surface area contributed by atoms with Gasteiger partial charge in [-0.15, -0.1) is 0 Å². The molecule has 2 fully saturated rings. The van der Waals surface area contributed by atoms with Gasteiger partial charge in [0.25, 0.3) is 5.56 Å². The summed E-state index contributed by atoms with van der Waals surface area (Å²) in [6.45, 7) is 43.8. The zero-order valence-electron chi connectivity index (χ0n) is 53.7. The number of aromatic nitrogens is 4. The van der Waals surface area contributed by atoms with Crippen LogP contribution in [0.25, 0.3) is 0 Å². The molecule has 1 amide bonds. The topological polar surface area (TPSA) is 305 Å². The number of rotatable bonds is 29. The molecule has 2 saturated heterocycles. The number of nitrogens with one attached hydrogen (secondary N) is 4. The Morgan fingerprint density at radius 3 is 1.46 bits per heavy atom. The van der Waals surface area contributed by atoms with Gasteiger partial charge in [-0.3, -0.25) is 14.3 Å². The number of carboxylic acids is 1. The van der Waals surface area contributed by atoms with Crippen LogP contribution in [0.4, 0.5) is 0 Å². The van der Waals surface area contributed by atoms with Gasteiger partial charge in [0.1, 0.15) is 18.9 Å². The fraction of sp³-hybridized carbons (Fsp3) is 0.836. The Balaban J connectivity index is 0. The number of aliphatic hydroxyl groups is 1. The predicted molar refractivity (Wildman–Crippen MR) is 323 cm³/mol. The maximum atomic E-state index is 13.4. The van der Waals surface area contributed by atoms with E-state index in [1.807, 2.05) is 17.2 Å². The van der Waals surface area contributed by atoms with E-state index in [1.165, 1.54) is 27.9 Å². The summed E-state index contributed by atoms with van der Waals surface area (Å²) >= 11 is 3.54. The Morgan fingerprint density at radius 1 is 0.679 bits per heavy atom. The van der Waals surface area contributed by atoms with Crippen LogP contribution < -0.4 is 33.5 Å². The molecule has 0 aromatic carbocycles. The van der Waals surface area contributed by atoms with Gasteiger partial charge in [0.05, 0.1) is 12.7 Å². The van der Waals surface area contributed by atoms with Crippen LogP contribution >= 0.6 is 0 Å². The summed E-state index contributed by atoms with van der Waals surface area (Å²) in [4.78, 5) is 81.0. The molecule has 21 nitrogen and oxygen atoms in total. The Morgan fingerprint density at radius 2 is 1.06 bits per heavy atom. The predicted octanol–water partition coefficient (Wildman–Crippen LogP) is 9.52. The number of hydrogen-bond donors (Lipinski definition) is 7. The monoisotopic (exact) mass is 1270 g/mol. The summed E-state index contributed by atoms with van der Waals surface area (Å²) in [5.41, 5.74) is 5.20. The summed E-state index contributed by atoms with van der Waals surface area (Å²) in [7, 11) is 0. The third kappa shape index (κ3) is 24.1. The summed E-state index contributed by atoms with van der Waals surface area (Å²) in [5.74, 6) is 6.59. The second-order valence-electron chi connectivity index (χ2n) is 24.9. The van der Waals surface area contributed by atoms with E-state index in [9.17, 15) is 33.9 Å². The fourth-order valence-corrected chi connectivity index (χ4v) is 11.3. The standard InChI is InChI=1S/C30H52N4O6.C18H39N.C12H16N2O7.CH4.HN.2V.H2/c1-11-17(4)20(7)21(8)23(10)28(22(9)19(6)16(2)3)32-26(35)15-38-24-12-27(40-25(24)14-39-31)34-13-18(5)29(36)33-30(34)37;1-10-12(4)14(6)15(7)17(9)18(19)16(8)13(5)11(2)3;1-6-3-14(12(19)13-11(6)18)9-2-7(8(4-15)21-9)20-5-10(16)17;;;;;/h13,16-17,19-25,27-28H,11-12,14-15H2,1-10H3,(H,32,35)(H,33,36,37);11-18H,10,19H2,1-9H3;3,7-9,15H,2,4-5H2,1H3,(H,16,17)(H,13,18,19);1H4;1H;;;1H/i;;;;;;;1+2. The number of aliphatic hydroxyl groups excluding tert-OH is 1. The summed E-state index contributed by atoms with van der Waals surface area (Å²) < 4.78 is 34.7. The van der Waals surface area contributed by atoms with Crippen LogP contribution in [0, 0.1) is 101 Å². The Hall–Kier alpha value is -3.21. The van der Waals surface area contributed by atoms with E-state index in [0.29, 0.717) is 76.9 Å². The molecule has 4 heterocycles. The maximum absolute atomic E-state index is 13.4. The van der Waals surface area contributed by atoms with Crippen LogP contribution in [0.2, 0.25) is 0 Å². The van der Waals surface area contributed by atoms with Crippen molar-refractivity contribution in [3.63, 3.8) is 0 Å².